The van der Waals surface area contributed by atoms with E-state index >= 15 is 0 Å². The van der Waals surface area contributed by atoms with Crippen molar-refractivity contribution in [3.8, 4) is 16.9 Å². The molecule has 0 spiro atoms. The van der Waals surface area contributed by atoms with Crippen LogP contribution in [0.2, 0.25) is 0 Å². The minimum Gasteiger partial charge on any atom is -0.494 e. The maximum Gasteiger partial charge on any atom is 0.338 e. The summed E-state index contributed by atoms with van der Waals surface area (Å²) in [4.78, 5) is 16.1. The van der Waals surface area contributed by atoms with Crippen LogP contribution in [0.1, 0.15) is 21.6 Å². The molecule has 2 rings (SSSR count). The molecule has 1 aromatic carbocycles. The Balaban J connectivity index is 2.71. The first-order chi connectivity index (χ1) is 9.56. The van der Waals surface area contributed by atoms with E-state index in [4.69, 9.17) is 9.47 Å². The van der Waals surface area contributed by atoms with Crippen molar-refractivity contribution in [3.63, 3.8) is 0 Å². The van der Waals surface area contributed by atoms with E-state index in [9.17, 15) is 4.79 Å². The van der Waals surface area contributed by atoms with Gasteiger partial charge in [-0.2, -0.15) is 0 Å². The average Bonchev–Trinajstić information content (AvgIpc) is 2.46. The number of nitrogens with zero attached hydrogens (tertiary/aromatic N) is 1. The monoisotopic (exact) mass is 271 g/mol. The summed E-state index contributed by atoms with van der Waals surface area (Å²) in [6.07, 6.45) is 1.66. The first kappa shape index (κ1) is 14.1. The third kappa shape index (κ3) is 2.64. The van der Waals surface area contributed by atoms with Gasteiger partial charge in [-0.3, -0.25) is 4.98 Å². The van der Waals surface area contributed by atoms with E-state index in [1.807, 2.05) is 32.0 Å². The van der Waals surface area contributed by atoms with Crippen molar-refractivity contribution < 1.29 is 14.3 Å². The largest absolute Gasteiger partial charge is 0.494 e. The maximum absolute atomic E-state index is 11.9. The number of methoxy groups -OCH3 is 2. The van der Waals surface area contributed by atoms with Crippen LogP contribution in [0.3, 0.4) is 0 Å². The van der Waals surface area contributed by atoms with Crippen LogP contribution in [0, 0.1) is 13.8 Å². The Labute approximate surface area is 118 Å². The van der Waals surface area contributed by atoms with Crippen molar-refractivity contribution in [1.82, 2.24) is 4.98 Å². The van der Waals surface area contributed by atoms with Crippen LogP contribution in [0.25, 0.3) is 11.1 Å². The highest BCUT2D eigenvalue weighted by Crippen LogP contribution is 2.33. The summed E-state index contributed by atoms with van der Waals surface area (Å²) >= 11 is 0. The molecule has 0 saturated heterocycles. The molecule has 0 unspecified atom stereocenters. The van der Waals surface area contributed by atoms with Gasteiger partial charge in [0.25, 0.3) is 0 Å². The number of pyridine rings is 1. The molecule has 0 radical (unpaired) electrons. The fourth-order valence-electron chi connectivity index (χ4n) is 2.09. The normalized spacial score (nSPS) is 10.2. The lowest BCUT2D eigenvalue weighted by Gasteiger charge is -2.13. The van der Waals surface area contributed by atoms with Crippen LogP contribution >= 0.6 is 0 Å². The Bertz CT molecular complexity index is 650. The SMILES string of the molecule is COC(=O)c1ccc(C)cc1-c1cc(C)ncc1OC. The van der Waals surface area contributed by atoms with E-state index < -0.39 is 0 Å². The smallest absolute Gasteiger partial charge is 0.338 e. The molecule has 1 aromatic heterocycles. The van der Waals surface area contributed by atoms with Crippen LogP contribution in [0.4, 0.5) is 0 Å². The zero-order chi connectivity index (χ0) is 14.7. The van der Waals surface area contributed by atoms with Gasteiger partial charge in [-0.15, -0.1) is 0 Å². The van der Waals surface area contributed by atoms with Gasteiger partial charge in [0.1, 0.15) is 5.75 Å². The number of esters is 1. The summed E-state index contributed by atoms with van der Waals surface area (Å²) in [5.74, 6) is 0.267. The summed E-state index contributed by atoms with van der Waals surface area (Å²) in [7, 11) is 2.96. The van der Waals surface area contributed by atoms with Gasteiger partial charge in [0.05, 0.1) is 26.0 Å². The van der Waals surface area contributed by atoms with Crippen molar-refractivity contribution in [1.29, 1.82) is 0 Å². The Morgan fingerprint density at radius 2 is 1.85 bits per heavy atom. The highest BCUT2D eigenvalue weighted by molar-refractivity contribution is 5.98. The molecular formula is C16H17NO3. The van der Waals surface area contributed by atoms with E-state index in [1.54, 1.807) is 19.4 Å². The van der Waals surface area contributed by atoms with Gasteiger partial charge in [-0.05, 0) is 26.0 Å². The van der Waals surface area contributed by atoms with Crippen LogP contribution in [0.5, 0.6) is 5.75 Å². The molecule has 4 nitrogen and oxygen atoms in total. The number of benzene rings is 1. The number of ether oxygens (including phenoxy) is 2. The van der Waals surface area contributed by atoms with E-state index in [0.29, 0.717) is 11.3 Å². The molecule has 0 aliphatic rings. The predicted molar refractivity (Wildman–Crippen MR) is 77.0 cm³/mol. The minimum atomic E-state index is -0.364. The topological polar surface area (TPSA) is 48.4 Å². The molecule has 0 aliphatic heterocycles. The van der Waals surface area contributed by atoms with Gasteiger partial charge < -0.3 is 9.47 Å². The van der Waals surface area contributed by atoms with Gasteiger partial charge in [0, 0.05) is 16.8 Å². The van der Waals surface area contributed by atoms with Crippen molar-refractivity contribution in [3.05, 3.63) is 47.3 Å². The second-order valence-electron chi connectivity index (χ2n) is 4.57. The summed E-state index contributed by atoms with van der Waals surface area (Å²) in [6, 6.07) is 7.51. The maximum atomic E-state index is 11.9. The van der Waals surface area contributed by atoms with Gasteiger partial charge in [0.15, 0.2) is 0 Å². The first-order valence-corrected chi connectivity index (χ1v) is 6.26. The van der Waals surface area contributed by atoms with Gasteiger partial charge in [0.2, 0.25) is 0 Å². The van der Waals surface area contributed by atoms with Crippen LogP contribution < -0.4 is 4.74 Å². The molecule has 0 saturated carbocycles. The lowest BCUT2D eigenvalue weighted by Crippen LogP contribution is -2.04. The molecule has 0 N–H and O–H groups in total. The fourth-order valence-corrected chi connectivity index (χ4v) is 2.09. The van der Waals surface area contributed by atoms with Crippen molar-refractivity contribution in [2.45, 2.75) is 13.8 Å². The third-order valence-corrected chi connectivity index (χ3v) is 3.09. The van der Waals surface area contributed by atoms with E-state index in [0.717, 1.165) is 22.4 Å². The van der Waals surface area contributed by atoms with Gasteiger partial charge >= 0.3 is 5.97 Å². The second-order valence-corrected chi connectivity index (χ2v) is 4.57. The second kappa shape index (κ2) is 5.74. The molecule has 104 valence electrons. The van der Waals surface area contributed by atoms with E-state index in [2.05, 4.69) is 4.98 Å². The lowest BCUT2D eigenvalue weighted by atomic mass is 9.97. The predicted octanol–water partition coefficient (Wildman–Crippen LogP) is 3.16. The molecular weight excluding hydrogens is 254 g/mol. The standard InChI is InChI=1S/C16H17NO3/c1-10-5-6-12(16(18)20-4)13(7-10)14-8-11(2)17-9-15(14)19-3/h5-9H,1-4H3. The van der Waals surface area contributed by atoms with Gasteiger partial charge in [-0.25, -0.2) is 4.79 Å². The van der Waals surface area contributed by atoms with E-state index in [1.165, 1.54) is 7.11 Å². The molecule has 0 atom stereocenters. The third-order valence-electron chi connectivity index (χ3n) is 3.09. The zero-order valence-corrected chi connectivity index (χ0v) is 12.1. The number of hydrogen-bond acceptors (Lipinski definition) is 4. The number of carbonyl (C=O) groups is 1. The minimum absolute atomic E-state index is 0.364. The number of rotatable bonds is 3. The highest BCUT2D eigenvalue weighted by atomic mass is 16.5. The Kier molecular flexibility index (Phi) is 4.03. The summed E-state index contributed by atoms with van der Waals surface area (Å²) in [5, 5.41) is 0. The molecule has 1 heterocycles. The van der Waals surface area contributed by atoms with Crippen LogP contribution in [0.15, 0.2) is 30.5 Å². The fraction of sp³-hybridized carbons (Fsp3) is 0.250. The Morgan fingerprint density at radius 3 is 2.50 bits per heavy atom. The molecule has 0 bridgehead atoms. The molecule has 20 heavy (non-hydrogen) atoms. The molecule has 0 fully saturated rings. The number of hydrogen-bond donors (Lipinski definition) is 0. The summed E-state index contributed by atoms with van der Waals surface area (Å²) in [6.45, 7) is 3.88. The summed E-state index contributed by atoms with van der Waals surface area (Å²) < 4.78 is 10.2. The van der Waals surface area contributed by atoms with Crippen LogP contribution in [-0.2, 0) is 4.74 Å². The number of carbonyl (C=O) groups excluding carboxylic acids is 1. The van der Waals surface area contributed by atoms with Crippen molar-refractivity contribution in [2.24, 2.45) is 0 Å². The summed E-state index contributed by atoms with van der Waals surface area (Å²) in [5.41, 5.74) is 4.06. The average molecular weight is 271 g/mol. The molecule has 0 aliphatic carbocycles. The van der Waals surface area contributed by atoms with Gasteiger partial charge in [-0.1, -0.05) is 17.7 Å². The quantitative estimate of drug-likeness (QED) is 0.804. The Morgan fingerprint density at radius 1 is 1.10 bits per heavy atom. The van der Waals surface area contributed by atoms with Crippen LogP contribution in [-0.4, -0.2) is 25.2 Å². The highest BCUT2D eigenvalue weighted by Gasteiger charge is 2.17. The van der Waals surface area contributed by atoms with E-state index in [-0.39, 0.29) is 5.97 Å². The lowest BCUT2D eigenvalue weighted by molar-refractivity contribution is 0.0601. The number of aryl methyl sites for hydroxylation is 2. The molecule has 0 amide bonds. The zero-order valence-electron chi connectivity index (χ0n) is 12.1. The van der Waals surface area contributed by atoms with Crippen molar-refractivity contribution in [2.75, 3.05) is 14.2 Å². The first-order valence-electron chi connectivity index (χ1n) is 6.26. The number of aromatic nitrogens is 1. The molecule has 2 aromatic rings. The van der Waals surface area contributed by atoms with Crippen molar-refractivity contribution >= 4 is 5.97 Å². The molecule has 4 heteroatoms. The Hall–Kier alpha value is -2.36.